The highest BCUT2D eigenvalue weighted by atomic mass is 32.2. The van der Waals surface area contributed by atoms with Crippen LogP contribution >= 0.6 is 0 Å². The number of furan rings is 1. The Balaban J connectivity index is 1.47. The minimum Gasteiger partial charge on any atom is -0.459 e. The van der Waals surface area contributed by atoms with Gasteiger partial charge in [-0.05, 0) is 85.6 Å². The third kappa shape index (κ3) is 5.77. The van der Waals surface area contributed by atoms with E-state index in [0.29, 0.717) is 28.2 Å². The molecule has 0 spiro atoms. The summed E-state index contributed by atoms with van der Waals surface area (Å²) in [6.07, 6.45) is 1.41. The Kier molecular flexibility index (Phi) is 6.70. The number of anilines is 3. The average molecular weight is 490 g/mol. The fourth-order valence-corrected chi connectivity index (χ4v) is 4.72. The van der Waals surface area contributed by atoms with Crippen molar-refractivity contribution in [3.05, 3.63) is 108 Å². The maximum atomic E-state index is 13.0. The largest absolute Gasteiger partial charge is 0.459 e. The highest BCUT2D eigenvalue weighted by Crippen LogP contribution is 2.24. The quantitative estimate of drug-likeness (QED) is 0.330. The van der Waals surface area contributed by atoms with Crippen molar-refractivity contribution in [2.75, 3.05) is 15.4 Å². The number of rotatable bonds is 7. The molecule has 4 rings (SSSR count). The van der Waals surface area contributed by atoms with E-state index in [0.717, 1.165) is 5.56 Å². The summed E-state index contributed by atoms with van der Waals surface area (Å²) in [5.41, 5.74) is 3.09. The van der Waals surface area contributed by atoms with E-state index >= 15 is 0 Å². The lowest BCUT2D eigenvalue weighted by Crippen LogP contribution is -2.16. The monoisotopic (exact) mass is 489 g/mol. The van der Waals surface area contributed by atoms with Crippen molar-refractivity contribution < 1.29 is 22.4 Å². The van der Waals surface area contributed by atoms with Crippen LogP contribution in [0.5, 0.6) is 0 Å². The Morgan fingerprint density at radius 1 is 0.743 bits per heavy atom. The predicted octanol–water partition coefficient (Wildman–Crippen LogP) is 5.20. The Morgan fingerprint density at radius 2 is 1.46 bits per heavy atom. The van der Waals surface area contributed by atoms with E-state index in [1.165, 1.54) is 12.3 Å². The van der Waals surface area contributed by atoms with Gasteiger partial charge in [0.2, 0.25) is 0 Å². The standard InChI is InChI=1S/C26H23N3O5S/c1-17-5-3-6-22(15-17)29-35(32,33)24-16-21(11-8-18(24)2)28-25(30)19-9-12-20(13-10-19)27-26(31)23-7-4-14-34-23/h3-16,29H,1-2H3,(H,27,31)(H,28,30). The van der Waals surface area contributed by atoms with Crippen LogP contribution in [-0.4, -0.2) is 20.2 Å². The minimum atomic E-state index is -3.87. The van der Waals surface area contributed by atoms with Crippen LogP contribution in [0.3, 0.4) is 0 Å². The van der Waals surface area contributed by atoms with Gasteiger partial charge in [0.05, 0.1) is 11.2 Å². The van der Waals surface area contributed by atoms with E-state index in [-0.39, 0.29) is 10.7 Å². The topological polar surface area (TPSA) is 118 Å². The number of hydrogen-bond acceptors (Lipinski definition) is 5. The predicted molar refractivity (Wildman–Crippen MR) is 134 cm³/mol. The third-order valence-corrected chi connectivity index (χ3v) is 6.68. The maximum absolute atomic E-state index is 13.0. The Hall–Kier alpha value is -4.37. The Labute approximate surface area is 203 Å². The number of aryl methyl sites for hydroxylation is 2. The van der Waals surface area contributed by atoms with E-state index < -0.39 is 21.8 Å². The van der Waals surface area contributed by atoms with Crippen LogP contribution in [-0.2, 0) is 10.0 Å². The highest BCUT2D eigenvalue weighted by Gasteiger charge is 2.19. The molecule has 8 nitrogen and oxygen atoms in total. The van der Waals surface area contributed by atoms with Gasteiger partial charge in [0.25, 0.3) is 21.8 Å². The van der Waals surface area contributed by atoms with Gasteiger partial charge in [-0.15, -0.1) is 0 Å². The molecule has 4 aromatic rings. The van der Waals surface area contributed by atoms with E-state index in [9.17, 15) is 18.0 Å². The molecule has 0 saturated carbocycles. The lowest BCUT2D eigenvalue weighted by Gasteiger charge is -2.13. The smallest absolute Gasteiger partial charge is 0.291 e. The Morgan fingerprint density at radius 3 is 2.14 bits per heavy atom. The van der Waals surface area contributed by atoms with Crippen LogP contribution in [0.25, 0.3) is 0 Å². The number of sulfonamides is 1. The van der Waals surface area contributed by atoms with Crippen molar-refractivity contribution in [2.24, 2.45) is 0 Å². The summed E-state index contributed by atoms with van der Waals surface area (Å²) in [4.78, 5) is 24.9. The van der Waals surface area contributed by atoms with Crippen molar-refractivity contribution in [1.29, 1.82) is 0 Å². The van der Waals surface area contributed by atoms with Crippen LogP contribution in [0, 0.1) is 13.8 Å². The van der Waals surface area contributed by atoms with Crippen LogP contribution in [0.2, 0.25) is 0 Å². The summed E-state index contributed by atoms with van der Waals surface area (Å²) >= 11 is 0. The first-order valence-electron chi connectivity index (χ1n) is 10.7. The summed E-state index contributed by atoms with van der Waals surface area (Å²) in [6.45, 7) is 3.56. The third-order valence-electron chi connectivity index (χ3n) is 5.16. The molecule has 1 aromatic heterocycles. The molecule has 0 fully saturated rings. The molecule has 2 amide bonds. The number of carbonyl (C=O) groups excluding carboxylic acids is 2. The van der Waals surface area contributed by atoms with E-state index in [1.54, 1.807) is 73.7 Å². The van der Waals surface area contributed by atoms with Crippen molar-refractivity contribution in [2.45, 2.75) is 18.7 Å². The molecule has 178 valence electrons. The summed E-state index contributed by atoms with van der Waals surface area (Å²) in [7, 11) is -3.87. The molecule has 0 saturated heterocycles. The van der Waals surface area contributed by atoms with Crippen molar-refractivity contribution in [3.63, 3.8) is 0 Å². The highest BCUT2D eigenvalue weighted by molar-refractivity contribution is 7.92. The first-order valence-corrected chi connectivity index (χ1v) is 12.2. The van der Waals surface area contributed by atoms with Crippen molar-refractivity contribution >= 4 is 38.9 Å². The zero-order valence-electron chi connectivity index (χ0n) is 19.0. The number of benzene rings is 3. The zero-order valence-corrected chi connectivity index (χ0v) is 19.8. The van der Waals surface area contributed by atoms with Gasteiger partial charge in [0, 0.05) is 22.6 Å². The van der Waals surface area contributed by atoms with Gasteiger partial charge in [-0.3, -0.25) is 14.3 Å². The lowest BCUT2D eigenvalue weighted by molar-refractivity contribution is 0.0995. The molecule has 3 N–H and O–H groups in total. The summed E-state index contributed by atoms with van der Waals surface area (Å²) in [6, 6.07) is 21.2. The van der Waals surface area contributed by atoms with E-state index in [2.05, 4.69) is 15.4 Å². The average Bonchev–Trinajstić information content (AvgIpc) is 3.36. The fraction of sp³-hybridized carbons (Fsp3) is 0.0769. The number of carbonyl (C=O) groups is 2. The zero-order chi connectivity index (χ0) is 25.0. The molecule has 0 aliphatic carbocycles. The molecule has 1 heterocycles. The Bertz CT molecular complexity index is 1480. The van der Waals surface area contributed by atoms with Gasteiger partial charge < -0.3 is 15.1 Å². The van der Waals surface area contributed by atoms with Crippen LogP contribution < -0.4 is 15.4 Å². The molecule has 0 bridgehead atoms. The van der Waals surface area contributed by atoms with Crippen molar-refractivity contribution in [3.8, 4) is 0 Å². The number of hydrogen-bond donors (Lipinski definition) is 3. The summed E-state index contributed by atoms with van der Waals surface area (Å²) in [5, 5.41) is 5.40. The maximum Gasteiger partial charge on any atom is 0.291 e. The lowest BCUT2D eigenvalue weighted by atomic mass is 10.1. The normalized spacial score (nSPS) is 11.0. The molecule has 0 aliphatic heterocycles. The van der Waals surface area contributed by atoms with Crippen LogP contribution in [0.4, 0.5) is 17.1 Å². The first-order chi connectivity index (χ1) is 16.7. The number of nitrogens with one attached hydrogen (secondary N) is 3. The second-order valence-corrected chi connectivity index (χ2v) is 9.57. The van der Waals surface area contributed by atoms with Gasteiger partial charge in [-0.25, -0.2) is 8.42 Å². The summed E-state index contributed by atoms with van der Waals surface area (Å²) < 4.78 is 33.6. The van der Waals surface area contributed by atoms with Gasteiger partial charge in [0.15, 0.2) is 5.76 Å². The first kappa shape index (κ1) is 23.8. The molecule has 0 radical (unpaired) electrons. The minimum absolute atomic E-state index is 0.0628. The molecule has 0 unspecified atom stereocenters. The molecule has 9 heteroatoms. The second-order valence-electron chi connectivity index (χ2n) is 7.92. The van der Waals surface area contributed by atoms with Gasteiger partial charge >= 0.3 is 0 Å². The van der Waals surface area contributed by atoms with E-state index in [4.69, 9.17) is 4.42 Å². The van der Waals surface area contributed by atoms with Crippen LogP contribution in [0.15, 0.2) is 94.4 Å². The molecule has 35 heavy (non-hydrogen) atoms. The molecular formula is C26H23N3O5S. The van der Waals surface area contributed by atoms with E-state index in [1.807, 2.05) is 13.0 Å². The second kappa shape index (κ2) is 9.86. The molecule has 0 aliphatic rings. The SMILES string of the molecule is Cc1cccc(NS(=O)(=O)c2cc(NC(=O)c3ccc(NC(=O)c4ccco4)cc3)ccc2C)c1. The summed E-state index contributed by atoms with van der Waals surface area (Å²) in [5.74, 6) is -0.651. The van der Waals surface area contributed by atoms with Gasteiger partial charge in [0.1, 0.15) is 0 Å². The van der Waals surface area contributed by atoms with Crippen LogP contribution in [0.1, 0.15) is 32.0 Å². The van der Waals surface area contributed by atoms with Crippen molar-refractivity contribution in [1.82, 2.24) is 0 Å². The van der Waals surface area contributed by atoms with Gasteiger partial charge in [-0.2, -0.15) is 0 Å². The molecular weight excluding hydrogens is 466 g/mol. The fourth-order valence-electron chi connectivity index (χ4n) is 3.39. The van der Waals surface area contributed by atoms with Gasteiger partial charge in [-0.1, -0.05) is 18.2 Å². The molecule has 3 aromatic carbocycles. The molecule has 0 atom stereocenters. The number of amides is 2.